The van der Waals surface area contributed by atoms with E-state index in [1.807, 2.05) is 0 Å². The number of hydrogen-bond donors (Lipinski definition) is 0. The van der Waals surface area contributed by atoms with Crippen LogP contribution in [0.4, 0.5) is 5.69 Å². The van der Waals surface area contributed by atoms with Crippen molar-refractivity contribution in [1.29, 1.82) is 0 Å². The van der Waals surface area contributed by atoms with Gasteiger partial charge in [0.15, 0.2) is 0 Å². The molecule has 1 rings (SSSR count). The summed E-state index contributed by atoms with van der Waals surface area (Å²) in [6, 6.07) is 6.10. The maximum absolute atomic E-state index is 10.4. The number of nitrogens with zero attached hydrogens (tertiary/aromatic N) is 1. The van der Waals surface area contributed by atoms with Crippen molar-refractivity contribution in [3.05, 3.63) is 34.4 Å². The van der Waals surface area contributed by atoms with Gasteiger partial charge in [0.1, 0.15) is 5.75 Å². The van der Waals surface area contributed by atoms with E-state index in [-0.39, 0.29) is 5.69 Å². The van der Waals surface area contributed by atoms with E-state index >= 15 is 0 Å². The number of non-ortho nitro benzene ring substituents is 1. The SMILES string of the molecule is O=[N+]([O-])c1cccc(OCCCCl)c1. The largest absolute Gasteiger partial charge is 0.493 e. The molecule has 0 unspecified atom stereocenters. The molecule has 0 aromatic heterocycles. The van der Waals surface area contributed by atoms with Gasteiger partial charge >= 0.3 is 0 Å². The van der Waals surface area contributed by atoms with Crippen molar-refractivity contribution in [2.24, 2.45) is 0 Å². The molecule has 0 fully saturated rings. The van der Waals surface area contributed by atoms with Crippen LogP contribution in [-0.2, 0) is 0 Å². The molecule has 1 aromatic carbocycles. The van der Waals surface area contributed by atoms with Crippen molar-refractivity contribution in [2.75, 3.05) is 12.5 Å². The highest BCUT2D eigenvalue weighted by Gasteiger charge is 2.05. The Hall–Kier alpha value is -1.29. The zero-order valence-corrected chi connectivity index (χ0v) is 8.24. The van der Waals surface area contributed by atoms with Gasteiger partial charge in [-0.25, -0.2) is 0 Å². The molecule has 0 aliphatic rings. The molecular weight excluding hydrogens is 206 g/mol. The van der Waals surface area contributed by atoms with Crippen LogP contribution in [0.2, 0.25) is 0 Å². The Morgan fingerprint density at radius 1 is 1.50 bits per heavy atom. The fraction of sp³-hybridized carbons (Fsp3) is 0.333. The molecule has 76 valence electrons. The van der Waals surface area contributed by atoms with Gasteiger partial charge in [0.05, 0.1) is 17.6 Å². The third kappa shape index (κ3) is 3.22. The summed E-state index contributed by atoms with van der Waals surface area (Å²) in [5, 5.41) is 10.4. The molecule has 0 saturated heterocycles. The van der Waals surface area contributed by atoms with E-state index in [0.29, 0.717) is 18.2 Å². The van der Waals surface area contributed by atoms with Gasteiger partial charge in [-0.3, -0.25) is 10.1 Å². The highest BCUT2D eigenvalue weighted by Crippen LogP contribution is 2.18. The van der Waals surface area contributed by atoms with Gasteiger partial charge < -0.3 is 4.74 Å². The lowest BCUT2D eigenvalue weighted by Gasteiger charge is -2.03. The van der Waals surface area contributed by atoms with Crippen LogP contribution in [-0.4, -0.2) is 17.4 Å². The number of nitro groups is 1. The summed E-state index contributed by atoms with van der Waals surface area (Å²) in [6.45, 7) is 0.477. The Bertz CT molecular complexity index is 317. The monoisotopic (exact) mass is 215 g/mol. The summed E-state index contributed by atoms with van der Waals surface area (Å²) in [6.07, 6.45) is 0.726. The number of alkyl halides is 1. The predicted molar refractivity (Wildman–Crippen MR) is 53.9 cm³/mol. The molecule has 5 heteroatoms. The lowest BCUT2D eigenvalue weighted by atomic mass is 10.3. The molecule has 0 aliphatic carbocycles. The number of ether oxygens (including phenoxy) is 1. The smallest absolute Gasteiger partial charge is 0.273 e. The van der Waals surface area contributed by atoms with Gasteiger partial charge in [0.25, 0.3) is 5.69 Å². The summed E-state index contributed by atoms with van der Waals surface area (Å²) in [7, 11) is 0. The zero-order valence-electron chi connectivity index (χ0n) is 7.48. The first-order valence-electron chi connectivity index (χ1n) is 4.17. The van der Waals surface area contributed by atoms with Crippen molar-refractivity contribution in [2.45, 2.75) is 6.42 Å². The van der Waals surface area contributed by atoms with E-state index in [0.717, 1.165) is 6.42 Å². The van der Waals surface area contributed by atoms with Crippen LogP contribution < -0.4 is 4.74 Å². The van der Waals surface area contributed by atoms with Crippen molar-refractivity contribution >= 4 is 17.3 Å². The van der Waals surface area contributed by atoms with Crippen LogP contribution in [0.25, 0.3) is 0 Å². The van der Waals surface area contributed by atoms with Gasteiger partial charge in [-0.2, -0.15) is 0 Å². The minimum atomic E-state index is -0.450. The molecule has 0 bridgehead atoms. The van der Waals surface area contributed by atoms with Gasteiger partial charge in [0.2, 0.25) is 0 Å². The molecular formula is C9H10ClNO3. The average Bonchev–Trinajstić information content (AvgIpc) is 2.19. The number of rotatable bonds is 5. The number of benzene rings is 1. The van der Waals surface area contributed by atoms with Crippen LogP contribution in [0, 0.1) is 10.1 Å². The second kappa shape index (κ2) is 5.44. The Labute approximate surface area is 86.6 Å². The molecule has 0 atom stereocenters. The van der Waals surface area contributed by atoms with Crippen LogP contribution in [0.3, 0.4) is 0 Å². The number of hydrogen-bond acceptors (Lipinski definition) is 3. The minimum absolute atomic E-state index is 0.0355. The van der Waals surface area contributed by atoms with E-state index in [2.05, 4.69) is 0 Å². The molecule has 0 aliphatic heterocycles. The molecule has 0 spiro atoms. The topological polar surface area (TPSA) is 52.4 Å². The van der Waals surface area contributed by atoms with E-state index in [9.17, 15) is 10.1 Å². The molecule has 0 N–H and O–H groups in total. The van der Waals surface area contributed by atoms with E-state index in [4.69, 9.17) is 16.3 Å². The second-order valence-corrected chi connectivity index (χ2v) is 3.02. The number of nitro benzene ring substituents is 1. The van der Waals surface area contributed by atoms with Crippen molar-refractivity contribution in [3.8, 4) is 5.75 Å². The van der Waals surface area contributed by atoms with Crippen molar-refractivity contribution in [1.82, 2.24) is 0 Å². The highest BCUT2D eigenvalue weighted by molar-refractivity contribution is 6.17. The Morgan fingerprint density at radius 2 is 2.29 bits per heavy atom. The normalized spacial score (nSPS) is 9.79. The summed E-state index contributed by atoms with van der Waals surface area (Å²) in [4.78, 5) is 9.96. The molecule has 4 nitrogen and oxygen atoms in total. The summed E-state index contributed by atoms with van der Waals surface area (Å²) in [5.41, 5.74) is 0.0355. The molecule has 0 heterocycles. The van der Waals surface area contributed by atoms with Crippen molar-refractivity contribution in [3.63, 3.8) is 0 Å². The Morgan fingerprint density at radius 3 is 2.93 bits per heavy atom. The fourth-order valence-electron chi connectivity index (χ4n) is 0.931. The number of halogens is 1. The molecule has 1 aromatic rings. The first kappa shape index (κ1) is 10.8. The Kier molecular flexibility index (Phi) is 4.19. The lowest BCUT2D eigenvalue weighted by Crippen LogP contribution is -1.98. The van der Waals surface area contributed by atoms with E-state index in [1.165, 1.54) is 12.1 Å². The third-order valence-corrected chi connectivity index (χ3v) is 1.84. The maximum Gasteiger partial charge on any atom is 0.273 e. The van der Waals surface area contributed by atoms with Crippen LogP contribution in [0.15, 0.2) is 24.3 Å². The Balaban J connectivity index is 2.59. The van der Waals surface area contributed by atoms with E-state index < -0.39 is 4.92 Å². The first-order chi connectivity index (χ1) is 6.74. The highest BCUT2D eigenvalue weighted by atomic mass is 35.5. The average molecular weight is 216 g/mol. The van der Waals surface area contributed by atoms with Gasteiger partial charge in [0, 0.05) is 11.9 Å². The summed E-state index contributed by atoms with van der Waals surface area (Å²) < 4.78 is 5.25. The maximum atomic E-state index is 10.4. The fourth-order valence-corrected chi connectivity index (χ4v) is 1.04. The van der Waals surface area contributed by atoms with E-state index in [1.54, 1.807) is 12.1 Å². The van der Waals surface area contributed by atoms with Gasteiger partial charge in [-0.15, -0.1) is 11.6 Å². The molecule has 0 saturated carbocycles. The standard InChI is InChI=1S/C9H10ClNO3/c10-5-2-6-14-9-4-1-3-8(7-9)11(12)13/h1,3-4,7H,2,5-6H2. The predicted octanol–water partition coefficient (Wildman–Crippen LogP) is 2.60. The van der Waals surface area contributed by atoms with Crippen LogP contribution in [0.5, 0.6) is 5.75 Å². The third-order valence-electron chi connectivity index (χ3n) is 1.58. The van der Waals surface area contributed by atoms with Gasteiger partial charge in [-0.05, 0) is 12.5 Å². The minimum Gasteiger partial charge on any atom is -0.493 e. The second-order valence-electron chi connectivity index (χ2n) is 2.65. The van der Waals surface area contributed by atoms with Crippen LogP contribution >= 0.6 is 11.6 Å². The molecule has 0 radical (unpaired) electrons. The van der Waals surface area contributed by atoms with Crippen LogP contribution in [0.1, 0.15) is 6.42 Å². The lowest BCUT2D eigenvalue weighted by molar-refractivity contribution is -0.384. The quantitative estimate of drug-likeness (QED) is 0.328. The summed E-state index contributed by atoms with van der Waals surface area (Å²) >= 11 is 5.46. The molecule has 14 heavy (non-hydrogen) atoms. The molecule has 0 amide bonds. The van der Waals surface area contributed by atoms with Crippen molar-refractivity contribution < 1.29 is 9.66 Å². The first-order valence-corrected chi connectivity index (χ1v) is 4.70. The summed E-state index contributed by atoms with van der Waals surface area (Å²) in [5.74, 6) is 1.03. The van der Waals surface area contributed by atoms with Gasteiger partial charge in [-0.1, -0.05) is 6.07 Å². The zero-order chi connectivity index (χ0) is 10.4.